The number of nitrogens with one attached hydrogen (secondary N) is 1. The lowest BCUT2D eigenvalue weighted by Gasteiger charge is -2.13. The second-order valence-corrected chi connectivity index (χ2v) is 5.99. The number of anilines is 1. The Morgan fingerprint density at radius 3 is 2.50 bits per heavy atom. The van der Waals surface area contributed by atoms with Crippen LogP contribution in [0.15, 0.2) is 18.2 Å². The van der Waals surface area contributed by atoms with Crippen molar-refractivity contribution in [1.29, 1.82) is 0 Å². The number of amides is 1. The van der Waals surface area contributed by atoms with Crippen molar-refractivity contribution < 1.29 is 14.3 Å². The molecule has 0 fully saturated rings. The molecule has 1 rings (SSSR count). The number of thioether (sulfide) groups is 1. The summed E-state index contributed by atoms with van der Waals surface area (Å²) >= 11 is 13.1. The van der Waals surface area contributed by atoms with Gasteiger partial charge in [-0.05, 0) is 26.0 Å². The highest BCUT2D eigenvalue weighted by atomic mass is 35.5. The maximum atomic E-state index is 12.0. The average Bonchev–Trinajstić information content (AvgIpc) is 2.40. The van der Waals surface area contributed by atoms with Crippen LogP contribution in [0.2, 0.25) is 10.0 Å². The molecule has 0 radical (unpaired) electrons. The number of benzene rings is 1. The molecule has 0 aliphatic carbocycles. The Hall–Kier alpha value is -0.910. The first kappa shape index (κ1) is 17.1. The lowest BCUT2D eigenvalue weighted by atomic mass is 10.3. The van der Waals surface area contributed by atoms with Gasteiger partial charge in [-0.3, -0.25) is 9.59 Å². The maximum absolute atomic E-state index is 12.0. The fourth-order valence-corrected chi connectivity index (χ4v) is 2.49. The highest BCUT2D eigenvalue weighted by molar-refractivity contribution is 8.01. The minimum absolute atomic E-state index is 0.124. The molecule has 110 valence electrons. The fourth-order valence-electron chi connectivity index (χ4n) is 1.31. The van der Waals surface area contributed by atoms with E-state index in [0.29, 0.717) is 22.3 Å². The van der Waals surface area contributed by atoms with Gasteiger partial charge in [0.1, 0.15) is 0 Å². The SMILES string of the molecule is CCOC(=O)CSC(C)C(=O)Nc1c(Cl)cccc1Cl. The van der Waals surface area contributed by atoms with Crippen LogP contribution in [-0.4, -0.2) is 29.5 Å². The van der Waals surface area contributed by atoms with E-state index in [0.717, 1.165) is 0 Å². The van der Waals surface area contributed by atoms with Crippen LogP contribution in [0.1, 0.15) is 13.8 Å². The predicted octanol–water partition coefficient (Wildman–Crippen LogP) is 3.62. The number of para-hydroxylation sites is 1. The van der Waals surface area contributed by atoms with E-state index in [9.17, 15) is 9.59 Å². The van der Waals surface area contributed by atoms with Gasteiger partial charge in [-0.15, -0.1) is 11.8 Å². The molecule has 0 heterocycles. The zero-order chi connectivity index (χ0) is 15.1. The molecule has 4 nitrogen and oxygen atoms in total. The van der Waals surface area contributed by atoms with Crippen LogP contribution in [0.5, 0.6) is 0 Å². The first-order valence-corrected chi connectivity index (χ1v) is 7.78. The van der Waals surface area contributed by atoms with Crippen molar-refractivity contribution in [2.24, 2.45) is 0 Å². The largest absolute Gasteiger partial charge is 0.465 e. The van der Waals surface area contributed by atoms with E-state index in [1.54, 1.807) is 32.0 Å². The molecule has 0 spiro atoms. The van der Waals surface area contributed by atoms with Crippen LogP contribution >= 0.6 is 35.0 Å². The van der Waals surface area contributed by atoms with Gasteiger partial charge in [0.2, 0.25) is 5.91 Å². The molecule has 0 saturated carbocycles. The molecule has 0 saturated heterocycles. The molecular weight excluding hydrogens is 321 g/mol. The zero-order valence-electron chi connectivity index (χ0n) is 11.1. The van der Waals surface area contributed by atoms with E-state index in [1.807, 2.05) is 0 Å². The van der Waals surface area contributed by atoms with Crippen LogP contribution in [0.25, 0.3) is 0 Å². The Bertz CT molecular complexity index is 476. The van der Waals surface area contributed by atoms with Crippen molar-refractivity contribution in [3.63, 3.8) is 0 Å². The lowest BCUT2D eigenvalue weighted by molar-refractivity contribution is -0.139. The van der Waals surface area contributed by atoms with Crippen molar-refractivity contribution in [3.05, 3.63) is 28.2 Å². The third kappa shape index (κ3) is 5.23. The smallest absolute Gasteiger partial charge is 0.315 e. The number of carbonyl (C=O) groups excluding carboxylic acids is 2. The Labute approximate surface area is 132 Å². The summed E-state index contributed by atoms with van der Waals surface area (Å²) in [5.41, 5.74) is 0.379. The number of carbonyl (C=O) groups is 2. The molecule has 1 N–H and O–H groups in total. The number of hydrogen-bond acceptors (Lipinski definition) is 4. The summed E-state index contributed by atoms with van der Waals surface area (Å²) < 4.78 is 4.79. The summed E-state index contributed by atoms with van der Waals surface area (Å²) in [6.07, 6.45) is 0. The van der Waals surface area contributed by atoms with Crippen molar-refractivity contribution >= 4 is 52.5 Å². The van der Waals surface area contributed by atoms with Crippen LogP contribution in [-0.2, 0) is 14.3 Å². The summed E-state index contributed by atoms with van der Waals surface area (Å²) in [5, 5.41) is 2.97. The minimum atomic E-state index is -0.424. The number of hydrogen-bond donors (Lipinski definition) is 1. The van der Waals surface area contributed by atoms with Gasteiger partial charge in [0, 0.05) is 0 Å². The maximum Gasteiger partial charge on any atom is 0.315 e. The van der Waals surface area contributed by atoms with E-state index in [4.69, 9.17) is 27.9 Å². The van der Waals surface area contributed by atoms with Crippen LogP contribution in [0, 0.1) is 0 Å². The lowest BCUT2D eigenvalue weighted by Crippen LogP contribution is -2.24. The Kier molecular flexibility index (Phi) is 7.19. The molecule has 20 heavy (non-hydrogen) atoms. The quantitative estimate of drug-likeness (QED) is 0.806. The van der Waals surface area contributed by atoms with Crippen LogP contribution in [0.3, 0.4) is 0 Å². The van der Waals surface area contributed by atoms with Crippen LogP contribution in [0.4, 0.5) is 5.69 Å². The summed E-state index contributed by atoms with van der Waals surface area (Å²) in [4.78, 5) is 23.2. The van der Waals surface area contributed by atoms with Gasteiger partial charge in [0.05, 0.1) is 33.3 Å². The Morgan fingerprint density at radius 2 is 1.95 bits per heavy atom. The zero-order valence-corrected chi connectivity index (χ0v) is 13.4. The van der Waals surface area contributed by atoms with Gasteiger partial charge in [0.15, 0.2) is 0 Å². The fraction of sp³-hybridized carbons (Fsp3) is 0.385. The number of ether oxygens (including phenoxy) is 1. The molecule has 0 aliphatic rings. The second kappa shape index (κ2) is 8.39. The molecule has 7 heteroatoms. The molecule has 1 atom stereocenters. The third-order valence-electron chi connectivity index (χ3n) is 2.34. The van der Waals surface area contributed by atoms with Gasteiger partial charge in [0.25, 0.3) is 0 Å². The first-order chi connectivity index (χ1) is 9.45. The second-order valence-electron chi connectivity index (χ2n) is 3.84. The van der Waals surface area contributed by atoms with Gasteiger partial charge < -0.3 is 10.1 Å². The Morgan fingerprint density at radius 1 is 1.35 bits per heavy atom. The van der Waals surface area contributed by atoms with Crippen molar-refractivity contribution in [3.8, 4) is 0 Å². The molecule has 1 aromatic carbocycles. The topological polar surface area (TPSA) is 55.4 Å². The van der Waals surface area contributed by atoms with Crippen molar-refractivity contribution in [2.75, 3.05) is 17.7 Å². The van der Waals surface area contributed by atoms with E-state index in [-0.39, 0.29) is 17.6 Å². The molecule has 1 amide bonds. The van der Waals surface area contributed by atoms with Crippen molar-refractivity contribution in [1.82, 2.24) is 0 Å². The van der Waals surface area contributed by atoms with Gasteiger partial charge >= 0.3 is 5.97 Å². The number of esters is 1. The monoisotopic (exact) mass is 335 g/mol. The molecule has 0 aliphatic heterocycles. The molecule has 1 aromatic rings. The van der Waals surface area contributed by atoms with E-state index in [1.165, 1.54) is 11.8 Å². The first-order valence-electron chi connectivity index (χ1n) is 5.97. The van der Waals surface area contributed by atoms with Gasteiger partial charge in [-0.1, -0.05) is 29.3 Å². The molecule has 1 unspecified atom stereocenters. The minimum Gasteiger partial charge on any atom is -0.465 e. The normalized spacial score (nSPS) is 11.8. The van der Waals surface area contributed by atoms with Crippen LogP contribution < -0.4 is 5.32 Å². The number of rotatable bonds is 6. The number of halogens is 2. The highest BCUT2D eigenvalue weighted by Gasteiger charge is 2.18. The van der Waals surface area contributed by atoms with Crippen molar-refractivity contribution in [2.45, 2.75) is 19.1 Å². The average molecular weight is 336 g/mol. The van der Waals surface area contributed by atoms with Gasteiger partial charge in [-0.2, -0.15) is 0 Å². The Balaban J connectivity index is 2.56. The van der Waals surface area contributed by atoms with Gasteiger partial charge in [-0.25, -0.2) is 0 Å². The summed E-state index contributed by atoms with van der Waals surface area (Å²) in [7, 11) is 0. The van der Waals surface area contributed by atoms with E-state index in [2.05, 4.69) is 5.32 Å². The highest BCUT2D eigenvalue weighted by Crippen LogP contribution is 2.30. The predicted molar refractivity (Wildman–Crippen MR) is 83.6 cm³/mol. The molecule has 0 bridgehead atoms. The summed E-state index contributed by atoms with van der Waals surface area (Å²) in [6, 6.07) is 4.97. The third-order valence-corrected chi connectivity index (χ3v) is 4.08. The standard InChI is InChI=1S/C13H15Cl2NO3S/c1-3-19-11(17)7-20-8(2)13(18)16-12-9(14)5-4-6-10(12)15/h4-6,8H,3,7H2,1-2H3,(H,16,18). The molecular formula is C13H15Cl2NO3S. The van der Waals surface area contributed by atoms with E-state index >= 15 is 0 Å². The van der Waals surface area contributed by atoms with E-state index < -0.39 is 5.25 Å². The summed E-state index contributed by atoms with van der Waals surface area (Å²) in [6.45, 7) is 3.76. The molecule has 0 aromatic heterocycles. The summed E-state index contributed by atoms with van der Waals surface area (Å²) in [5.74, 6) is -0.485.